The predicted octanol–water partition coefficient (Wildman–Crippen LogP) is 4.18. The van der Waals surface area contributed by atoms with Gasteiger partial charge >= 0.3 is 0 Å². The number of aryl methyl sites for hydroxylation is 1. The minimum absolute atomic E-state index is 0.0887. The molecule has 0 bridgehead atoms. The highest BCUT2D eigenvalue weighted by Crippen LogP contribution is 2.37. The lowest BCUT2D eigenvalue weighted by molar-refractivity contribution is -0.127. The van der Waals surface area contributed by atoms with E-state index in [2.05, 4.69) is 5.32 Å². The average Bonchev–Trinajstić information content (AvgIpc) is 3.32. The number of imidazole rings is 1. The van der Waals surface area contributed by atoms with Crippen LogP contribution in [0.4, 0.5) is 5.95 Å². The van der Waals surface area contributed by atoms with Crippen molar-refractivity contribution in [3.05, 3.63) is 95.6 Å². The molecule has 0 saturated heterocycles. The van der Waals surface area contributed by atoms with E-state index in [4.69, 9.17) is 4.98 Å². The summed E-state index contributed by atoms with van der Waals surface area (Å²) >= 11 is 0. The van der Waals surface area contributed by atoms with E-state index < -0.39 is 6.04 Å². The molecule has 0 aliphatic carbocycles. The standard InChI is InChI=1S/C27H26N4O2/c1-19-11-13-21(14-12-19)18-30-26(33)24(31-23-10-6-5-9-22(23)29-27(30)31)17-25(32)28-16-15-20-7-3-2-4-8-20/h2-14,24H,15-18H2,1H3,(H,28,32)/t24-/m1/s1. The number of amides is 2. The third-order valence-corrected chi connectivity index (χ3v) is 6.10. The molecule has 6 nitrogen and oxygen atoms in total. The quantitative estimate of drug-likeness (QED) is 0.471. The van der Waals surface area contributed by atoms with Crippen LogP contribution >= 0.6 is 0 Å². The second kappa shape index (κ2) is 8.90. The lowest BCUT2D eigenvalue weighted by Crippen LogP contribution is -2.33. The number of benzene rings is 3. The zero-order chi connectivity index (χ0) is 22.8. The molecule has 0 saturated carbocycles. The van der Waals surface area contributed by atoms with Gasteiger partial charge in [-0.1, -0.05) is 72.3 Å². The van der Waals surface area contributed by atoms with Crippen molar-refractivity contribution in [2.45, 2.75) is 32.4 Å². The molecule has 1 atom stereocenters. The Kier molecular flexibility index (Phi) is 5.65. The molecular weight excluding hydrogens is 412 g/mol. The fourth-order valence-corrected chi connectivity index (χ4v) is 4.36. The van der Waals surface area contributed by atoms with Gasteiger partial charge in [-0.05, 0) is 36.6 Å². The van der Waals surface area contributed by atoms with Gasteiger partial charge in [0.15, 0.2) is 0 Å². The highest BCUT2D eigenvalue weighted by atomic mass is 16.2. The van der Waals surface area contributed by atoms with Gasteiger partial charge in [0, 0.05) is 6.54 Å². The molecule has 0 fully saturated rings. The molecule has 6 heteroatoms. The number of nitrogens with zero attached hydrogens (tertiary/aromatic N) is 3. The van der Waals surface area contributed by atoms with Gasteiger partial charge < -0.3 is 5.32 Å². The van der Waals surface area contributed by atoms with Crippen LogP contribution in [-0.2, 0) is 22.6 Å². The van der Waals surface area contributed by atoms with Crippen LogP contribution in [0.2, 0.25) is 0 Å². The van der Waals surface area contributed by atoms with Crippen molar-refractivity contribution in [1.29, 1.82) is 0 Å². The first-order valence-corrected chi connectivity index (χ1v) is 11.2. The van der Waals surface area contributed by atoms with E-state index in [0.29, 0.717) is 19.0 Å². The minimum atomic E-state index is -0.602. The number of hydrogen-bond donors (Lipinski definition) is 1. The maximum atomic E-state index is 13.5. The Morgan fingerprint density at radius 3 is 2.45 bits per heavy atom. The zero-order valence-electron chi connectivity index (χ0n) is 18.6. The van der Waals surface area contributed by atoms with Gasteiger partial charge in [-0.15, -0.1) is 0 Å². The van der Waals surface area contributed by atoms with Gasteiger partial charge in [0.05, 0.1) is 24.0 Å². The average molecular weight is 439 g/mol. The number of fused-ring (bicyclic) bond motifs is 3. The SMILES string of the molecule is Cc1ccc(CN2C(=O)[C@@H](CC(=O)NCCc3ccccc3)n3c2nc2ccccc23)cc1. The lowest BCUT2D eigenvalue weighted by Gasteiger charge is -2.16. The summed E-state index contributed by atoms with van der Waals surface area (Å²) in [6, 6.07) is 25.3. The second-order valence-electron chi connectivity index (χ2n) is 8.49. The molecule has 5 rings (SSSR count). The molecule has 2 amide bonds. The molecule has 2 heterocycles. The van der Waals surface area contributed by atoms with Crippen LogP contribution in [0.1, 0.15) is 29.2 Å². The molecule has 0 unspecified atom stereocenters. The molecule has 1 aliphatic rings. The Bertz CT molecular complexity index is 1290. The van der Waals surface area contributed by atoms with Crippen LogP contribution in [0, 0.1) is 6.92 Å². The number of aromatic nitrogens is 2. The van der Waals surface area contributed by atoms with Gasteiger partial charge in [-0.25, -0.2) is 4.98 Å². The first-order chi connectivity index (χ1) is 16.1. The summed E-state index contributed by atoms with van der Waals surface area (Å²) in [6.45, 7) is 3.00. The molecule has 1 aliphatic heterocycles. The monoisotopic (exact) mass is 438 g/mol. The Morgan fingerprint density at radius 1 is 0.939 bits per heavy atom. The minimum Gasteiger partial charge on any atom is -0.356 e. The molecule has 0 spiro atoms. The number of anilines is 1. The van der Waals surface area contributed by atoms with E-state index in [1.54, 1.807) is 4.90 Å². The maximum Gasteiger partial charge on any atom is 0.253 e. The molecule has 3 aromatic carbocycles. The largest absolute Gasteiger partial charge is 0.356 e. The van der Waals surface area contributed by atoms with E-state index in [-0.39, 0.29) is 18.2 Å². The van der Waals surface area contributed by atoms with Crippen molar-refractivity contribution in [3.63, 3.8) is 0 Å². The van der Waals surface area contributed by atoms with Crippen LogP contribution in [0.3, 0.4) is 0 Å². The van der Waals surface area contributed by atoms with Gasteiger partial charge in [-0.2, -0.15) is 0 Å². The molecule has 0 radical (unpaired) electrons. The van der Waals surface area contributed by atoms with Crippen molar-refractivity contribution in [2.24, 2.45) is 0 Å². The summed E-state index contributed by atoms with van der Waals surface area (Å²) in [5, 5.41) is 2.98. The Balaban J connectivity index is 1.36. The topological polar surface area (TPSA) is 67.2 Å². The van der Waals surface area contributed by atoms with Gasteiger partial charge in [0.25, 0.3) is 5.91 Å². The summed E-state index contributed by atoms with van der Waals surface area (Å²) in [4.78, 5) is 32.7. The Labute approximate surface area is 192 Å². The van der Waals surface area contributed by atoms with Crippen molar-refractivity contribution < 1.29 is 9.59 Å². The summed E-state index contributed by atoms with van der Waals surface area (Å²) in [6.07, 6.45) is 0.843. The van der Waals surface area contributed by atoms with Crippen LogP contribution < -0.4 is 10.2 Å². The molecule has 1 N–H and O–H groups in total. The van der Waals surface area contributed by atoms with Gasteiger partial charge in [-0.3, -0.25) is 19.1 Å². The maximum absolute atomic E-state index is 13.5. The van der Waals surface area contributed by atoms with E-state index in [1.807, 2.05) is 90.4 Å². The Hall–Kier alpha value is -3.93. The highest BCUT2D eigenvalue weighted by molar-refractivity contribution is 6.03. The van der Waals surface area contributed by atoms with Gasteiger partial charge in [0.1, 0.15) is 6.04 Å². The predicted molar refractivity (Wildman–Crippen MR) is 129 cm³/mol. The first-order valence-electron chi connectivity index (χ1n) is 11.2. The van der Waals surface area contributed by atoms with E-state index in [1.165, 1.54) is 11.1 Å². The molecule has 166 valence electrons. The second-order valence-corrected chi connectivity index (χ2v) is 8.49. The third kappa shape index (κ3) is 4.24. The van der Waals surface area contributed by atoms with Crippen molar-refractivity contribution >= 4 is 28.8 Å². The van der Waals surface area contributed by atoms with Crippen molar-refractivity contribution in [3.8, 4) is 0 Å². The van der Waals surface area contributed by atoms with Crippen LogP contribution in [-0.4, -0.2) is 27.9 Å². The van der Waals surface area contributed by atoms with Gasteiger partial charge in [0.2, 0.25) is 11.9 Å². The van der Waals surface area contributed by atoms with Crippen LogP contribution in [0.5, 0.6) is 0 Å². The lowest BCUT2D eigenvalue weighted by atomic mass is 10.1. The summed E-state index contributed by atoms with van der Waals surface area (Å²) in [5.74, 6) is 0.371. The van der Waals surface area contributed by atoms with E-state index >= 15 is 0 Å². The zero-order valence-corrected chi connectivity index (χ0v) is 18.6. The van der Waals surface area contributed by atoms with E-state index in [0.717, 1.165) is 23.0 Å². The Morgan fingerprint density at radius 2 is 1.67 bits per heavy atom. The summed E-state index contributed by atoms with van der Waals surface area (Å²) in [7, 11) is 0. The molecule has 33 heavy (non-hydrogen) atoms. The van der Waals surface area contributed by atoms with Crippen LogP contribution in [0.15, 0.2) is 78.9 Å². The number of rotatable bonds is 7. The normalized spacial score (nSPS) is 15.1. The van der Waals surface area contributed by atoms with Crippen LogP contribution in [0.25, 0.3) is 11.0 Å². The third-order valence-electron chi connectivity index (χ3n) is 6.10. The summed E-state index contributed by atoms with van der Waals surface area (Å²) in [5.41, 5.74) is 5.06. The smallest absolute Gasteiger partial charge is 0.253 e. The fraction of sp³-hybridized carbons (Fsp3) is 0.222. The highest BCUT2D eigenvalue weighted by Gasteiger charge is 2.40. The van der Waals surface area contributed by atoms with Crippen molar-refractivity contribution in [1.82, 2.24) is 14.9 Å². The number of carbonyl (C=O) groups is 2. The number of hydrogen-bond acceptors (Lipinski definition) is 3. The fourth-order valence-electron chi connectivity index (χ4n) is 4.36. The van der Waals surface area contributed by atoms with Crippen molar-refractivity contribution in [2.75, 3.05) is 11.4 Å². The number of para-hydroxylation sites is 2. The first kappa shape index (κ1) is 20.9. The van der Waals surface area contributed by atoms with E-state index in [9.17, 15) is 9.59 Å². The molecule has 1 aromatic heterocycles. The number of carbonyl (C=O) groups excluding carboxylic acids is 2. The molecule has 4 aromatic rings. The summed E-state index contributed by atoms with van der Waals surface area (Å²) < 4.78 is 1.92. The number of nitrogens with one attached hydrogen (secondary N) is 1. The molecular formula is C27H26N4O2.